The summed E-state index contributed by atoms with van der Waals surface area (Å²) in [5, 5.41) is 11.6. The van der Waals surface area contributed by atoms with Crippen molar-refractivity contribution < 1.29 is 4.79 Å². The second kappa shape index (κ2) is 7.78. The molecule has 0 saturated heterocycles. The van der Waals surface area contributed by atoms with Gasteiger partial charge in [0.25, 0.3) is 0 Å². The standard InChI is InChI=1S/C14H18N2OS/c1-3-11(2)16-14(17)10-18-9-13-6-4-12(8-15)5-7-13/h4-7,11H,3,9-10H2,1-2H3,(H,16,17)/t11-/m0/s1. The van der Waals surface area contributed by atoms with Gasteiger partial charge in [0.05, 0.1) is 17.4 Å². The van der Waals surface area contributed by atoms with Gasteiger partial charge in [0.2, 0.25) is 5.91 Å². The molecule has 1 aromatic rings. The van der Waals surface area contributed by atoms with Gasteiger partial charge in [-0.15, -0.1) is 11.8 Å². The molecule has 0 spiro atoms. The monoisotopic (exact) mass is 262 g/mol. The molecule has 0 aliphatic rings. The molecule has 96 valence electrons. The van der Waals surface area contributed by atoms with Crippen molar-refractivity contribution >= 4 is 17.7 Å². The Hall–Kier alpha value is -1.47. The lowest BCUT2D eigenvalue weighted by Gasteiger charge is -2.10. The summed E-state index contributed by atoms with van der Waals surface area (Å²) in [6.45, 7) is 4.05. The Bertz CT molecular complexity index is 422. The number of hydrogen-bond donors (Lipinski definition) is 1. The predicted octanol–water partition coefficient (Wildman–Crippen LogP) is 2.71. The third-order valence-corrected chi connectivity index (χ3v) is 3.61. The molecule has 18 heavy (non-hydrogen) atoms. The van der Waals surface area contributed by atoms with E-state index in [1.165, 1.54) is 0 Å². The van der Waals surface area contributed by atoms with Gasteiger partial charge in [0.1, 0.15) is 0 Å². The van der Waals surface area contributed by atoms with E-state index in [0.717, 1.165) is 17.7 Å². The molecule has 0 fully saturated rings. The van der Waals surface area contributed by atoms with E-state index < -0.39 is 0 Å². The molecule has 4 heteroatoms. The first-order valence-corrected chi connectivity index (χ1v) is 7.17. The number of carbonyl (C=O) groups excluding carboxylic acids is 1. The molecule has 0 unspecified atom stereocenters. The summed E-state index contributed by atoms with van der Waals surface area (Å²) in [5.41, 5.74) is 1.80. The number of carbonyl (C=O) groups is 1. The van der Waals surface area contributed by atoms with Gasteiger partial charge in [-0.05, 0) is 31.0 Å². The lowest BCUT2D eigenvalue weighted by molar-refractivity contribution is -0.119. The van der Waals surface area contributed by atoms with Crippen molar-refractivity contribution in [3.63, 3.8) is 0 Å². The van der Waals surface area contributed by atoms with Crippen LogP contribution in [-0.2, 0) is 10.5 Å². The lowest BCUT2D eigenvalue weighted by atomic mass is 10.2. The van der Waals surface area contributed by atoms with Crippen LogP contribution < -0.4 is 5.32 Å². The smallest absolute Gasteiger partial charge is 0.230 e. The summed E-state index contributed by atoms with van der Waals surface area (Å²) in [6, 6.07) is 9.79. The Balaban J connectivity index is 2.29. The van der Waals surface area contributed by atoms with Crippen LogP contribution in [0.3, 0.4) is 0 Å². The average Bonchev–Trinajstić information content (AvgIpc) is 2.39. The number of thioether (sulfide) groups is 1. The molecule has 1 rings (SSSR count). The maximum atomic E-state index is 11.5. The van der Waals surface area contributed by atoms with Crippen LogP contribution in [0.4, 0.5) is 0 Å². The van der Waals surface area contributed by atoms with Crippen LogP contribution in [0.2, 0.25) is 0 Å². The van der Waals surface area contributed by atoms with Crippen LogP contribution >= 0.6 is 11.8 Å². The second-order valence-electron chi connectivity index (χ2n) is 4.18. The number of rotatable bonds is 6. The molecule has 0 saturated carbocycles. The number of amides is 1. The van der Waals surface area contributed by atoms with Gasteiger partial charge in [-0.1, -0.05) is 19.1 Å². The zero-order valence-corrected chi connectivity index (χ0v) is 11.6. The highest BCUT2D eigenvalue weighted by Gasteiger charge is 2.05. The van der Waals surface area contributed by atoms with Crippen molar-refractivity contribution in [1.29, 1.82) is 5.26 Å². The van der Waals surface area contributed by atoms with Crippen LogP contribution in [-0.4, -0.2) is 17.7 Å². The Morgan fingerprint density at radius 1 is 1.44 bits per heavy atom. The Morgan fingerprint density at radius 2 is 2.11 bits per heavy atom. The minimum Gasteiger partial charge on any atom is -0.353 e. The molecule has 1 atom stereocenters. The lowest BCUT2D eigenvalue weighted by Crippen LogP contribution is -2.33. The SMILES string of the molecule is CC[C@H](C)NC(=O)CSCc1ccc(C#N)cc1. The van der Waals surface area contributed by atoms with E-state index in [1.54, 1.807) is 23.9 Å². The summed E-state index contributed by atoms with van der Waals surface area (Å²) in [6.07, 6.45) is 0.950. The van der Waals surface area contributed by atoms with Crippen molar-refractivity contribution in [1.82, 2.24) is 5.32 Å². The van der Waals surface area contributed by atoms with E-state index in [0.29, 0.717) is 11.3 Å². The third kappa shape index (κ3) is 5.24. The summed E-state index contributed by atoms with van der Waals surface area (Å²) in [5.74, 6) is 1.35. The van der Waals surface area contributed by atoms with Crippen LogP contribution in [0.5, 0.6) is 0 Å². The van der Waals surface area contributed by atoms with E-state index in [2.05, 4.69) is 18.3 Å². The van der Waals surface area contributed by atoms with E-state index in [1.807, 2.05) is 19.1 Å². The number of nitriles is 1. The summed E-state index contributed by atoms with van der Waals surface area (Å²) >= 11 is 1.59. The predicted molar refractivity (Wildman–Crippen MR) is 75.2 cm³/mol. The van der Waals surface area contributed by atoms with E-state index >= 15 is 0 Å². The zero-order chi connectivity index (χ0) is 13.4. The topological polar surface area (TPSA) is 52.9 Å². The quantitative estimate of drug-likeness (QED) is 0.857. The van der Waals surface area contributed by atoms with Gasteiger partial charge in [-0.3, -0.25) is 4.79 Å². The van der Waals surface area contributed by atoms with Gasteiger partial charge in [-0.25, -0.2) is 0 Å². The number of benzene rings is 1. The van der Waals surface area contributed by atoms with Gasteiger partial charge < -0.3 is 5.32 Å². The Kier molecular flexibility index (Phi) is 6.31. The summed E-state index contributed by atoms with van der Waals surface area (Å²) in [7, 11) is 0. The van der Waals surface area contributed by atoms with E-state index in [-0.39, 0.29) is 11.9 Å². The normalized spacial score (nSPS) is 11.6. The molecule has 1 aromatic carbocycles. The Morgan fingerprint density at radius 3 is 2.67 bits per heavy atom. The van der Waals surface area contributed by atoms with Gasteiger partial charge >= 0.3 is 0 Å². The fraction of sp³-hybridized carbons (Fsp3) is 0.429. The summed E-state index contributed by atoms with van der Waals surface area (Å²) in [4.78, 5) is 11.5. The first-order valence-electron chi connectivity index (χ1n) is 6.01. The molecular weight excluding hydrogens is 244 g/mol. The van der Waals surface area contributed by atoms with Crippen LogP contribution in [0, 0.1) is 11.3 Å². The molecule has 1 amide bonds. The fourth-order valence-electron chi connectivity index (χ4n) is 1.36. The van der Waals surface area contributed by atoms with Crippen molar-refractivity contribution in [2.75, 3.05) is 5.75 Å². The number of nitrogens with one attached hydrogen (secondary N) is 1. The van der Waals surface area contributed by atoms with Crippen molar-refractivity contribution in [3.8, 4) is 6.07 Å². The molecule has 0 radical (unpaired) electrons. The summed E-state index contributed by atoms with van der Waals surface area (Å²) < 4.78 is 0. The molecule has 3 nitrogen and oxygen atoms in total. The van der Waals surface area contributed by atoms with Crippen LogP contribution in [0.25, 0.3) is 0 Å². The van der Waals surface area contributed by atoms with Crippen LogP contribution in [0.1, 0.15) is 31.4 Å². The molecule has 1 N–H and O–H groups in total. The fourth-order valence-corrected chi connectivity index (χ4v) is 2.15. The molecular formula is C14H18N2OS. The van der Waals surface area contributed by atoms with Gasteiger partial charge in [-0.2, -0.15) is 5.26 Å². The average molecular weight is 262 g/mol. The maximum absolute atomic E-state index is 11.5. The van der Waals surface area contributed by atoms with Crippen LogP contribution in [0.15, 0.2) is 24.3 Å². The first-order chi connectivity index (χ1) is 8.65. The number of nitrogens with zero attached hydrogens (tertiary/aromatic N) is 1. The highest BCUT2D eigenvalue weighted by Crippen LogP contribution is 2.12. The largest absolute Gasteiger partial charge is 0.353 e. The minimum absolute atomic E-state index is 0.0861. The van der Waals surface area contributed by atoms with Crippen molar-refractivity contribution in [2.24, 2.45) is 0 Å². The second-order valence-corrected chi connectivity index (χ2v) is 5.16. The maximum Gasteiger partial charge on any atom is 0.230 e. The molecule has 0 aliphatic carbocycles. The molecule has 0 aromatic heterocycles. The van der Waals surface area contributed by atoms with Crippen molar-refractivity contribution in [2.45, 2.75) is 32.1 Å². The van der Waals surface area contributed by atoms with E-state index in [4.69, 9.17) is 5.26 Å². The highest BCUT2D eigenvalue weighted by atomic mass is 32.2. The minimum atomic E-state index is 0.0861. The molecule has 0 aliphatic heterocycles. The highest BCUT2D eigenvalue weighted by molar-refractivity contribution is 7.99. The zero-order valence-electron chi connectivity index (χ0n) is 10.8. The van der Waals surface area contributed by atoms with Gasteiger partial charge in [0, 0.05) is 11.8 Å². The Labute approximate surface area is 113 Å². The molecule has 0 bridgehead atoms. The van der Waals surface area contributed by atoms with Gasteiger partial charge in [0.15, 0.2) is 0 Å². The third-order valence-electron chi connectivity index (χ3n) is 2.60. The first kappa shape index (κ1) is 14.6. The number of hydrogen-bond acceptors (Lipinski definition) is 3. The molecule has 0 heterocycles. The van der Waals surface area contributed by atoms with Crippen molar-refractivity contribution in [3.05, 3.63) is 35.4 Å². The van der Waals surface area contributed by atoms with E-state index in [9.17, 15) is 4.79 Å².